The summed E-state index contributed by atoms with van der Waals surface area (Å²) in [5.74, 6) is -2.26. The normalized spacial score (nSPS) is 11.3. The van der Waals surface area contributed by atoms with Crippen LogP contribution in [0, 0.1) is 0 Å². The molecule has 0 aliphatic rings. The van der Waals surface area contributed by atoms with Crippen LogP contribution in [0.25, 0.3) is 0 Å². The van der Waals surface area contributed by atoms with Crippen LogP contribution in [-0.4, -0.2) is 58.3 Å². The molecule has 0 aliphatic heterocycles. The fraction of sp³-hybridized carbons (Fsp3) is 0.850. The summed E-state index contributed by atoms with van der Waals surface area (Å²) in [7, 11) is -4.67. The number of carboxylic acid groups (broad SMARTS) is 2. The van der Waals surface area contributed by atoms with Gasteiger partial charge in [-0.2, -0.15) is 8.42 Å². The summed E-state index contributed by atoms with van der Waals surface area (Å²) < 4.78 is 36.6. The molecule has 0 amide bonds. The van der Waals surface area contributed by atoms with E-state index in [4.69, 9.17) is 38.2 Å². The molecule has 0 fully saturated rings. The maximum Gasteiger partial charge on any atom is 0.394 e. The number of carbonyl (C=O) groups is 3. The fourth-order valence-electron chi connectivity index (χ4n) is 2.28. The predicted octanol–water partition coefficient (Wildman–Crippen LogP) is 3.47. The Kier molecular flexibility index (Phi) is 26.0. The maximum atomic E-state index is 10.8. The number of ether oxygens (including phenoxy) is 1. The van der Waals surface area contributed by atoms with Crippen LogP contribution in [0.15, 0.2) is 0 Å². The first-order valence-corrected chi connectivity index (χ1v) is 12.3. The Labute approximate surface area is 191 Å². The van der Waals surface area contributed by atoms with Crippen LogP contribution in [0.5, 0.6) is 0 Å². The highest BCUT2D eigenvalue weighted by atomic mass is 32.3. The Hall–Kier alpha value is -1.76. The van der Waals surface area contributed by atoms with E-state index in [1.54, 1.807) is 0 Å². The van der Waals surface area contributed by atoms with Gasteiger partial charge in [0.15, 0.2) is 0 Å². The third kappa shape index (κ3) is 42.4. The molecule has 6 N–H and O–H groups in total. The molecule has 12 heteroatoms. The third-order valence-corrected chi connectivity index (χ3v) is 4.04. The molecule has 1 unspecified atom stereocenters. The maximum absolute atomic E-state index is 10.8. The van der Waals surface area contributed by atoms with Gasteiger partial charge in [-0.05, 0) is 12.8 Å². The third-order valence-electron chi connectivity index (χ3n) is 4.04. The Morgan fingerprint density at radius 3 is 1.59 bits per heavy atom. The number of unbranched alkanes of at least 4 members (excludes halogenated alkanes) is 9. The standard InChI is InChI=1S/C15H30O2.C5H9NO4.H2O4S/c1-3-5-6-7-8-9-10-11-12-13-14-17-15(16)4-2;6-3(5(9)10)1-2-4(7)8;1-5(2,3)4/h3-14H2,1-2H3;3H,1-2,6H2,(H,7,8)(H,9,10);(H2,1,2,3,4). The molecular weight excluding hydrogens is 446 g/mol. The average molecular weight is 488 g/mol. The zero-order chi connectivity index (χ0) is 25.4. The number of rotatable bonds is 16. The van der Waals surface area contributed by atoms with Crippen molar-refractivity contribution < 1.29 is 46.9 Å². The van der Waals surface area contributed by atoms with Crippen molar-refractivity contribution in [3.8, 4) is 0 Å². The number of nitrogens with two attached hydrogens (primary N) is 1. The highest BCUT2D eigenvalue weighted by Gasteiger charge is 2.12. The lowest BCUT2D eigenvalue weighted by Gasteiger charge is -2.03. The Morgan fingerprint density at radius 2 is 1.25 bits per heavy atom. The largest absolute Gasteiger partial charge is 0.481 e. The summed E-state index contributed by atoms with van der Waals surface area (Å²) in [6, 6.07) is -1.06. The smallest absolute Gasteiger partial charge is 0.394 e. The SMILES string of the molecule is CCCCCCCCCCCCOC(=O)CC.NC(CCC(=O)O)C(=O)O.O=S(=O)(O)O. The monoisotopic (exact) mass is 487 g/mol. The highest BCUT2D eigenvalue weighted by Crippen LogP contribution is 2.10. The molecule has 0 aliphatic carbocycles. The van der Waals surface area contributed by atoms with Gasteiger partial charge in [0.25, 0.3) is 0 Å². The van der Waals surface area contributed by atoms with Crippen molar-refractivity contribution in [3.05, 3.63) is 0 Å². The summed E-state index contributed by atoms with van der Waals surface area (Å²) in [4.78, 5) is 30.7. The molecule has 0 aromatic rings. The summed E-state index contributed by atoms with van der Waals surface area (Å²) >= 11 is 0. The van der Waals surface area contributed by atoms with Crippen LogP contribution in [0.4, 0.5) is 0 Å². The van der Waals surface area contributed by atoms with E-state index in [0.29, 0.717) is 13.0 Å². The van der Waals surface area contributed by atoms with Gasteiger partial charge in [-0.1, -0.05) is 71.6 Å². The molecule has 192 valence electrons. The van der Waals surface area contributed by atoms with Crippen molar-refractivity contribution in [1.82, 2.24) is 0 Å². The van der Waals surface area contributed by atoms with Gasteiger partial charge in [-0.15, -0.1) is 0 Å². The van der Waals surface area contributed by atoms with E-state index in [2.05, 4.69) is 6.92 Å². The molecule has 0 bridgehead atoms. The second-order valence-corrected chi connectivity index (χ2v) is 7.98. The van der Waals surface area contributed by atoms with E-state index in [1.807, 2.05) is 6.92 Å². The van der Waals surface area contributed by atoms with Crippen molar-refractivity contribution in [3.63, 3.8) is 0 Å². The van der Waals surface area contributed by atoms with Gasteiger partial charge in [-0.25, -0.2) is 0 Å². The molecule has 0 radical (unpaired) electrons. The van der Waals surface area contributed by atoms with Crippen molar-refractivity contribution in [2.75, 3.05) is 6.61 Å². The van der Waals surface area contributed by atoms with Crippen molar-refractivity contribution in [2.24, 2.45) is 5.73 Å². The summed E-state index contributed by atoms with van der Waals surface area (Å²) in [5.41, 5.74) is 5.00. The van der Waals surface area contributed by atoms with E-state index in [0.717, 1.165) is 6.42 Å². The second-order valence-electron chi connectivity index (χ2n) is 7.08. The Morgan fingerprint density at radius 1 is 0.844 bits per heavy atom. The first kappa shape index (κ1) is 34.8. The highest BCUT2D eigenvalue weighted by molar-refractivity contribution is 7.79. The molecule has 11 nitrogen and oxygen atoms in total. The van der Waals surface area contributed by atoms with Crippen molar-refractivity contribution >= 4 is 28.3 Å². The minimum Gasteiger partial charge on any atom is -0.481 e. The number of carboxylic acids is 2. The Bertz CT molecular complexity index is 573. The molecule has 0 spiro atoms. The van der Waals surface area contributed by atoms with E-state index in [9.17, 15) is 14.4 Å². The summed E-state index contributed by atoms with van der Waals surface area (Å²) in [6.07, 6.45) is 13.4. The summed E-state index contributed by atoms with van der Waals surface area (Å²) in [5, 5.41) is 16.3. The van der Waals surface area contributed by atoms with Crippen molar-refractivity contribution in [2.45, 2.75) is 103 Å². The van der Waals surface area contributed by atoms with Crippen LogP contribution in [-0.2, 0) is 29.5 Å². The van der Waals surface area contributed by atoms with Crippen LogP contribution in [0.1, 0.15) is 97.3 Å². The lowest BCUT2D eigenvalue weighted by atomic mass is 10.1. The van der Waals surface area contributed by atoms with Crippen molar-refractivity contribution in [1.29, 1.82) is 0 Å². The molecular formula is C20H41NO10S. The number of aliphatic carboxylic acids is 2. The van der Waals surface area contributed by atoms with Crippen LogP contribution in [0.2, 0.25) is 0 Å². The number of hydrogen-bond acceptors (Lipinski definition) is 7. The van der Waals surface area contributed by atoms with Crippen LogP contribution < -0.4 is 5.73 Å². The molecule has 0 aromatic heterocycles. The summed E-state index contributed by atoms with van der Waals surface area (Å²) in [6.45, 7) is 4.70. The van der Waals surface area contributed by atoms with E-state index in [1.165, 1.54) is 57.8 Å². The molecule has 0 aromatic carbocycles. The van der Waals surface area contributed by atoms with Gasteiger partial charge in [0.1, 0.15) is 6.04 Å². The quantitative estimate of drug-likeness (QED) is 0.121. The molecule has 32 heavy (non-hydrogen) atoms. The van der Waals surface area contributed by atoms with E-state index >= 15 is 0 Å². The lowest BCUT2D eigenvalue weighted by molar-refractivity contribution is -0.143. The zero-order valence-corrected chi connectivity index (χ0v) is 20.0. The second kappa shape index (κ2) is 23.9. The number of carbonyl (C=O) groups excluding carboxylic acids is 1. The van der Waals surface area contributed by atoms with Gasteiger partial charge in [0, 0.05) is 12.8 Å². The van der Waals surface area contributed by atoms with E-state index in [-0.39, 0.29) is 18.8 Å². The average Bonchev–Trinajstić information content (AvgIpc) is 2.69. The first-order chi connectivity index (χ1) is 14.8. The fourth-order valence-corrected chi connectivity index (χ4v) is 2.28. The first-order valence-electron chi connectivity index (χ1n) is 10.9. The predicted molar refractivity (Wildman–Crippen MR) is 120 cm³/mol. The molecule has 0 heterocycles. The molecule has 1 atom stereocenters. The minimum absolute atomic E-state index is 0.0231. The minimum atomic E-state index is -4.67. The zero-order valence-electron chi connectivity index (χ0n) is 19.2. The van der Waals surface area contributed by atoms with Gasteiger partial charge < -0.3 is 20.7 Å². The molecule has 0 rings (SSSR count). The molecule has 0 saturated carbocycles. The van der Waals surface area contributed by atoms with Crippen LogP contribution >= 0.6 is 0 Å². The topological polar surface area (TPSA) is 202 Å². The Balaban J connectivity index is -0.000000471. The van der Waals surface area contributed by atoms with Gasteiger partial charge in [0.2, 0.25) is 0 Å². The lowest BCUT2D eigenvalue weighted by Crippen LogP contribution is -2.30. The van der Waals surface area contributed by atoms with Crippen LogP contribution in [0.3, 0.4) is 0 Å². The van der Waals surface area contributed by atoms with Gasteiger partial charge in [-0.3, -0.25) is 23.5 Å². The van der Waals surface area contributed by atoms with E-state index < -0.39 is 28.4 Å². The number of hydrogen-bond donors (Lipinski definition) is 5. The van der Waals surface area contributed by atoms with Gasteiger partial charge in [0.05, 0.1) is 6.61 Å². The number of esters is 1. The van der Waals surface area contributed by atoms with Gasteiger partial charge >= 0.3 is 28.3 Å². The molecule has 0 saturated heterocycles.